The summed E-state index contributed by atoms with van der Waals surface area (Å²) < 4.78 is 37.9. The predicted octanol–water partition coefficient (Wildman–Crippen LogP) is 4.23. The number of carbonyl (C=O) groups is 1. The average Bonchev–Trinajstić information content (AvgIpc) is 2.38. The van der Waals surface area contributed by atoms with E-state index < -0.39 is 17.7 Å². The predicted molar refractivity (Wildman–Crippen MR) is 69.3 cm³/mol. The number of halogens is 4. The average molecular weight is 346 g/mol. The maximum atomic E-state index is 12.5. The SMILES string of the molecule is O=C(O)c1ccc(Br)c(-c2ccc(C(F)(F)F)cc2)n1. The van der Waals surface area contributed by atoms with E-state index in [4.69, 9.17) is 5.11 Å². The van der Waals surface area contributed by atoms with E-state index in [-0.39, 0.29) is 11.4 Å². The lowest BCUT2D eigenvalue weighted by Gasteiger charge is -2.09. The number of pyridine rings is 1. The Labute approximate surface area is 120 Å². The largest absolute Gasteiger partial charge is 0.477 e. The molecule has 1 aromatic heterocycles. The van der Waals surface area contributed by atoms with Crippen molar-refractivity contribution in [1.82, 2.24) is 4.98 Å². The molecule has 1 N–H and O–H groups in total. The number of nitrogens with zero attached hydrogens (tertiary/aromatic N) is 1. The van der Waals surface area contributed by atoms with Gasteiger partial charge in [-0.3, -0.25) is 0 Å². The third-order valence-electron chi connectivity index (χ3n) is 2.55. The van der Waals surface area contributed by atoms with E-state index >= 15 is 0 Å². The number of aromatic carboxylic acids is 1. The first-order valence-electron chi connectivity index (χ1n) is 5.36. The van der Waals surface area contributed by atoms with Crippen molar-refractivity contribution in [3.63, 3.8) is 0 Å². The summed E-state index contributed by atoms with van der Waals surface area (Å²) in [6.45, 7) is 0. The fourth-order valence-electron chi connectivity index (χ4n) is 1.58. The Bertz CT molecular complexity index is 654. The highest BCUT2D eigenvalue weighted by Crippen LogP contribution is 2.32. The van der Waals surface area contributed by atoms with Gasteiger partial charge in [-0.2, -0.15) is 13.2 Å². The van der Waals surface area contributed by atoms with Gasteiger partial charge in [0.2, 0.25) is 0 Å². The standard InChI is InChI=1S/C13H7BrF3NO2/c14-9-5-6-10(12(19)20)18-11(9)7-1-3-8(4-2-7)13(15,16)17/h1-6H,(H,19,20). The highest BCUT2D eigenvalue weighted by molar-refractivity contribution is 9.10. The summed E-state index contributed by atoms with van der Waals surface area (Å²) in [6.07, 6.45) is -4.41. The first kappa shape index (κ1) is 14.5. The summed E-state index contributed by atoms with van der Waals surface area (Å²) in [6, 6.07) is 7.15. The van der Waals surface area contributed by atoms with Crippen molar-refractivity contribution in [2.24, 2.45) is 0 Å². The molecule has 2 rings (SSSR count). The normalized spacial score (nSPS) is 11.4. The minimum atomic E-state index is -4.41. The smallest absolute Gasteiger partial charge is 0.416 e. The zero-order chi connectivity index (χ0) is 14.9. The molecular formula is C13H7BrF3NO2. The van der Waals surface area contributed by atoms with E-state index in [1.165, 1.54) is 24.3 Å². The molecule has 0 aliphatic rings. The maximum absolute atomic E-state index is 12.5. The lowest BCUT2D eigenvalue weighted by atomic mass is 10.1. The Kier molecular flexibility index (Phi) is 3.80. The Balaban J connectivity index is 2.46. The molecule has 2 aromatic rings. The van der Waals surface area contributed by atoms with E-state index in [1.807, 2.05) is 0 Å². The fourth-order valence-corrected chi connectivity index (χ4v) is 2.03. The van der Waals surface area contributed by atoms with E-state index in [0.717, 1.165) is 12.1 Å². The molecule has 0 aliphatic heterocycles. The molecule has 0 atom stereocenters. The maximum Gasteiger partial charge on any atom is 0.416 e. The van der Waals surface area contributed by atoms with Crippen LogP contribution in [0.15, 0.2) is 40.9 Å². The van der Waals surface area contributed by atoms with Gasteiger partial charge < -0.3 is 5.11 Å². The lowest BCUT2D eigenvalue weighted by Crippen LogP contribution is -2.04. The van der Waals surface area contributed by atoms with Crippen LogP contribution in [0, 0.1) is 0 Å². The highest BCUT2D eigenvalue weighted by atomic mass is 79.9. The van der Waals surface area contributed by atoms with Crippen LogP contribution < -0.4 is 0 Å². The molecule has 0 bridgehead atoms. The number of aromatic nitrogens is 1. The van der Waals surface area contributed by atoms with Crippen molar-refractivity contribution in [2.75, 3.05) is 0 Å². The molecule has 0 saturated heterocycles. The molecule has 0 spiro atoms. The van der Waals surface area contributed by atoms with Crippen LogP contribution in [0.1, 0.15) is 16.1 Å². The fraction of sp³-hybridized carbons (Fsp3) is 0.0769. The number of rotatable bonds is 2. The van der Waals surface area contributed by atoms with Gasteiger partial charge in [-0.15, -0.1) is 0 Å². The zero-order valence-corrected chi connectivity index (χ0v) is 11.4. The molecule has 0 aliphatic carbocycles. The Morgan fingerprint density at radius 1 is 1.10 bits per heavy atom. The Morgan fingerprint density at radius 2 is 1.70 bits per heavy atom. The number of carboxylic acids is 1. The molecule has 1 aromatic carbocycles. The molecule has 20 heavy (non-hydrogen) atoms. The van der Waals surface area contributed by atoms with E-state index in [0.29, 0.717) is 10.0 Å². The summed E-state index contributed by atoms with van der Waals surface area (Å²) >= 11 is 3.20. The molecule has 0 radical (unpaired) electrons. The third kappa shape index (κ3) is 2.98. The highest BCUT2D eigenvalue weighted by Gasteiger charge is 2.30. The van der Waals surface area contributed by atoms with Crippen molar-refractivity contribution >= 4 is 21.9 Å². The van der Waals surface area contributed by atoms with Crippen LogP contribution in [0.4, 0.5) is 13.2 Å². The van der Waals surface area contributed by atoms with Crippen LogP contribution in [-0.2, 0) is 6.18 Å². The van der Waals surface area contributed by atoms with Crippen molar-refractivity contribution in [3.05, 3.63) is 52.1 Å². The molecule has 0 unspecified atom stereocenters. The monoisotopic (exact) mass is 345 g/mol. The van der Waals surface area contributed by atoms with E-state index in [2.05, 4.69) is 20.9 Å². The minimum absolute atomic E-state index is 0.178. The Morgan fingerprint density at radius 3 is 2.20 bits per heavy atom. The van der Waals surface area contributed by atoms with Gasteiger partial charge in [0.25, 0.3) is 0 Å². The molecule has 104 valence electrons. The quantitative estimate of drug-likeness (QED) is 0.886. The number of benzene rings is 1. The zero-order valence-electron chi connectivity index (χ0n) is 9.78. The summed E-state index contributed by atoms with van der Waals surface area (Å²) in [5, 5.41) is 8.87. The van der Waals surface area contributed by atoms with Crippen molar-refractivity contribution in [2.45, 2.75) is 6.18 Å². The second-order valence-corrected chi connectivity index (χ2v) is 4.76. The van der Waals surface area contributed by atoms with Gasteiger partial charge in [-0.25, -0.2) is 9.78 Å². The number of hydrogen-bond donors (Lipinski definition) is 1. The summed E-state index contributed by atoms with van der Waals surface area (Å²) in [4.78, 5) is 14.8. The minimum Gasteiger partial charge on any atom is -0.477 e. The van der Waals surface area contributed by atoms with Gasteiger partial charge in [-0.1, -0.05) is 12.1 Å². The van der Waals surface area contributed by atoms with Gasteiger partial charge in [0.05, 0.1) is 11.3 Å². The topological polar surface area (TPSA) is 50.2 Å². The van der Waals surface area contributed by atoms with Crippen LogP contribution >= 0.6 is 15.9 Å². The van der Waals surface area contributed by atoms with Gasteiger partial charge in [0.15, 0.2) is 0 Å². The van der Waals surface area contributed by atoms with Crippen LogP contribution in [-0.4, -0.2) is 16.1 Å². The van der Waals surface area contributed by atoms with Crippen molar-refractivity contribution in [3.8, 4) is 11.3 Å². The summed E-state index contributed by atoms with van der Waals surface area (Å²) in [5.41, 5.74) is -0.276. The molecule has 3 nitrogen and oxygen atoms in total. The summed E-state index contributed by atoms with van der Waals surface area (Å²) in [7, 11) is 0. The number of alkyl halides is 3. The van der Waals surface area contributed by atoms with Crippen molar-refractivity contribution < 1.29 is 23.1 Å². The Hall–Kier alpha value is -1.89. The molecule has 0 fully saturated rings. The molecule has 0 amide bonds. The molecule has 7 heteroatoms. The van der Waals surface area contributed by atoms with E-state index in [9.17, 15) is 18.0 Å². The third-order valence-corrected chi connectivity index (χ3v) is 3.19. The molecular weight excluding hydrogens is 339 g/mol. The van der Waals surface area contributed by atoms with Crippen LogP contribution in [0.25, 0.3) is 11.3 Å². The van der Waals surface area contributed by atoms with Gasteiger partial charge >= 0.3 is 12.1 Å². The lowest BCUT2D eigenvalue weighted by molar-refractivity contribution is -0.137. The van der Waals surface area contributed by atoms with Crippen LogP contribution in [0.2, 0.25) is 0 Å². The van der Waals surface area contributed by atoms with Gasteiger partial charge in [-0.05, 0) is 40.2 Å². The molecule has 1 heterocycles. The second kappa shape index (κ2) is 5.24. The first-order chi connectivity index (χ1) is 9.29. The van der Waals surface area contributed by atoms with Gasteiger partial charge in [0.1, 0.15) is 5.69 Å². The number of hydrogen-bond acceptors (Lipinski definition) is 2. The first-order valence-corrected chi connectivity index (χ1v) is 6.16. The van der Waals surface area contributed by atoms with Crippen molar-refractivity contribution in [1.29, 1.82) is 0 Å². The second-order valence-electron chi connectivity index (χ2n) is 3.91. The molecule has 0 saturated carbocycles. The number of carboxylic acid groups (broad SMARTS) is 1. The van der Waals surface area contributed by atoms with E-state index in [1.54, 1.807) is 0 Å². The summed E-state index contributed by atoms with van der Waals surface area (Å²) in [5.74, 6) is -1.20. The van der Waals surface area contributed by atoms with Gasteiger partial charge in [0, 0.05) is 10.0 Å². The van der Waals surface area contributed by atoms with Crippen LogP contribution in [0.3, 0.4) is 0 Å². The van der Waals surface area contributed by atoms with Crippen LogP contribution in [0.5, 0.6) is 0 Å².